The van der Waals surface area contributed by atoms with Gasteiger partial charge in [-0.05, 0) is 26.3 Å². The lowest BCUT2D eigenvalue weighted by Gasteiger charge is -2.22. The van der Waals surface area contributed by atoms with E-state index in [0.717, 1.165) is 5.56 Å². The standard InChI is InChI=1S/C17H22O5/c1-11-15-16(22-17(2,3)21-15)13(20-11)9-14(18)19-10-12-7-5-4-6-8-12/h4-8,11,13,15-16H,9-10H2,1-3H3/t11?,13?,15-,16+/m0/s1. The summed E-state index contributed by atoms with van der Waals surface area (Å²) in [5, 5.41) is 0. The topological polar surface area (TPSA) is 54.0 Å². The van der Waals surface area contributed by atoms with E-state index in [4.69, 9.17) is 18.9 Å². The van der Waals surface area contributed by atoms with E-state index < -0.39 is 5.79 Å². The lowest BCUT2D eigenvalue weighted by molar-refractivity contribution is -0.188. The van der Waals surface area contributed by atoms with Crippen molar-refractivity contribution in [2.45, 2.75) is 64.0 Å². The largest absolute Gasteiger partial charge is 0.461 e. The van der Waals surface area contributed by atoms with Crippen molar-refractivity contribution in [2.24, 2.45) is 0 Å². The van der Waals surface area contributed by atoms with Gasteiger partial charge in [0.15, 0.2) is 5.79 Å². The highest BCUT2D eigenvalue weighted by atomic mass is 16.8. The lowest BCUT2D eigenvalue weighted by Crippen LogP contribution is -2.31. The van der Waals surface area contributed by atoms with Gasteiger partial charge in [-0.15, -0.1) is 0 Å². The molecule has 5 heteroatoms. The first kappa shape index (κ1) is 15.5. The highest BCUT2D eigenvalue weighted by Crippen LogP contribution is 2.39. The highest BCUT2D eigenvalue weighted by molar-refractivity contribution is 5.70. The number of ether oxygens (including phenoxy) is 4. The van der Waals surface area contributed by atoms with Crippen LogP contribution in [0.3, 0.4) is 0 Å². The van der Waals surface area contributed by atoms with Crippen LogP contribution in [0.2, 0.25) is 0 Å². The van der Waals surface area contributed by atoms with E-state index in [0.29, 0.717) is 0 Å². The van der Waals surface area contributed by atoms with Crippen molar-refractivity contribution in [3.05, 3.63) is 35.9 Å². The molecule has 2 saturated heterocycles. The summed E-state index contributed by atoms with van der Waals surface area (Å²) in [7, 11) is 0. The molecule has 4 atom stereocenters. The van der Waals surface area contributed by atoms with Crippen LogP contribution in [-0.4, -0.2) is 36.2 Å². The molecule has 2 aliphatic rings. The van der Waals surface area contributed by atoms with Crippen LogP contribution < -0.4 is 0 Å². The first-order valence-corrected chi connectivity index (χ1v) is 7.65. The average molecular weight is 306 g/mol. The van der Waals surface area contributed by atoms with Gasteiger partial charge in [0.05, 0.1) is 18.6 Å². The number of esters is 1. The van der Waals surface area contributed by atoms with Gasteiger partial charge in [0.25, 0.3) is 0 Å². The van der Waals surface area contributed by atoms with Gasteiger partial charge in [0.1, 0.15) is 18.8 Å². The summed E-state index contributed by atoms with van der Waals surface area (Å²) < 4.78 is 22.8. The van der Waals surface area contributed by atoms with E-state index in [1.165, 1.54) is 0 Å². The summed E-state index contributed by atoms with van der Waals surface area (Å²) in [6, 6.07) is 9.61. The molecule has 0 saturated carbocycles. The molecule has 0 amide bonds. The van der Waals surface area contributed by atoms with Crippen LogP contribution in [-0.2, 0) is 30.3 Å². The van der Waals surface area contributed by atoms with Gasteiger partial charge in [-0.2, -0.15) is 0 Å². The molecule has 0 bridgehead atoms. The molecule has 0 radical (unpaired) electrons. The number of carbonyl (C=O) groups is 1. The van der Waals surface area contributed by atoms with Crippen LogP contribution >= 0.6 is 0 Å². The number of benzene rings is 1. The number of hydrogen-bond donors (Lipinski definition) is 0. The maximum absolute atomic E-state index is 12.0. The van der Waals surface area contributed by atoms with Crippen LogP contribution in [0.25, 0.3) is 0 Å². The third-order valence-corrected chi connectivity index (χ3v) is 3.99. The Hall–Kier alpha value is -1.43. The van der Waals surface area contributed by atoms with Crippen molar-refractivity contribution >= 4 is 5.97 Å². The second kappa shape index (κ2) is 5.99. The Bertz CT molecular complexity index is 527. The van der Waals surface area contributed by atoms with Gasteiger partial charge >= 0.3 is 5.97 Å². The van der Waals surface area contributed by atoms with Gasteiger partial charge in [-0.1, -0.05) is 30.3 Å². The summed E-state index contributed by atoms with van der Waals surface area (Å²) in [5.74, 6) is -0.908. The minimum Gasteiger partial charge on any atom is -0.461 e. The van der Waals surface area contributed by atoms with E-state index in [1.807, 2.05) is 51.1 Å². The molecule has 3 rings (SSSR count). The third-order valence-electron chi connectivity index (χ3n) is 3.99. The molecular formula is C17H22O5. The van der Waals surface area contributed by atoms with Gasteiger partial charge in [-0.25, -0.2) is 0 Å². The minimum absolute atomic E-state index is 0.0845. The van der Waals surface area contributed by atoms with Gasteiger partial charge in [0, 0.05) is 0 Å². The molecule has 0 spiro atoms. The van der Waals surface area contributed by atoms with Crippen molar-refractivity contribution in [3.8, 4) is 0 Å². The Kier molecular flexibility index (Phi) is 4.21. The smallest absolute Gasteiger partial charge is 0.308 e. The molecule has 5 nitrogen and oxygen atoms in total. The van der Waals surface area contributed by atoms with Crippen LogP contribution in [0.5, 0.6) is 0 Å². The fourth-order valence-electron chi connectivity index (χ4n) is 3.02. The normalized spacial score (nSPS) is 32.7. The zero-order valence-corrected chi connectivity index (χ0v) is 13.2. The fourth-order valence-corrected chi connectivity index (χ4v) is 3.02. The maximum atomic E-state index is 12.0. The van der Waals surface area contributed by atoms with E-state index in [1.54, 1.807) is 0 Å². The first-order valence-electron chi connectivity index (χ1n) is 7.65. The zero-order chi connectivity index (χ0) is 15.7. The molecule has 0 N–H and O–H groups in total. The van der Waals surface area contributed by atoms with Crippen molar-refractivity contribution in [2.75, 3.05) is 0 Å². The fraction of sp³-hybridized carbons (Fsp3) is 0.588. The molecule has 120 valence electrons. The molecule has 0 aromatic heterocycles. The predicted molar refractivity (Wildman–Crippen MR) is 79.0 cm³/mol. The second-order valence-electron chi connectivity index (χ2n) is 6.29. The van der Waals surface area contributed by atoms with Crippen LogP contribution in [0.4, 0.5) is 0 Å². The molecule has 2 aliphatic heterocycles. The summed E-state index contributed by atoms with van der Waals surface area (Å²) in [4.78, 5) is 12.0. The van der Waals surface area contributed by atoms with Crippen molar-refractivity contribution in [1.29, 1.82) is 0 Å². The number of fused-ring (bicyclic) bond motifs is 1. The molecule has 0 aliphatic carbocycles. The maximum Gasteiger partial charge on any atom is 0.308 e. The van der Waals surface area contributed by atoms with Crippen molar-refractivity contribution in [3.63, 3.8) is 0 Å². The monoisotopic (exact) mass is 306 g/mol. The second-order valence-corrected chi connectivity index (χ2v) is 6.29. The van der Waals surface area contributed by atoms with Crippen molar-refractivity contribution < 1.29 is 23.7 Å². The molecule has 2 fully saturated rings. The van der Waals surface area contributed by atoms with E-state index >= 15 is 0 Å². The number of hydrogen-bond acceptors (Lipinski definition) is 5. The highest BCUT2D eigenvalue weighted by Gasteiger charge is 2.54. The number of rotatable bonds is 4. The summed E-state index contributed by atoms with van der Waals surface area (Å²) in [6.45, 7) is 5.97. The molecule has 2 unspecified atom stereocenters. The number of carbonyl (C=O) groups excluding carboxylic acids is 1. The SMILES string of the molecule is CC1OC(CC(=O)OCc2ccccc2)[C@H]2OC(C)(C)O[C@@H]12. The van der Waals surface area contributed by atoms with Gasteiger partial charge < -0.3 is 18.9 Å². The zero-order valence-electron chi connectivity index (χ0n) is 13.2. The first-order chi connectivity index (χ1) is 10.4. The predicted octanol–water partition coefficient (Wildman–Crippen LogP) is 2.43. The van der Waals surface area contributed by atoms with E-state index in [2.05, 4.69) is 0 Å². The molecular weight excluding hydrogens is 284 g/mol. The van der Waals surface area contributed by atoms with Gasteiger partial charge in [0.2, 0.25) is 0 Å². The third kappa shape index (κ3) is 3.32. The Morgan fingerprint density at radius 3 is 2.59 bits per heavy atom. The van der Waals surface area contributed by atoms with Crippen LogP contribution in [0.1, 0.15) is 32.8 Å². The summed E-state index contributed by atoms with van der Waals surface area (Å²) >= 11 is 0. The van der Waals surface area contributed by atoms with Crippen LogP contribution in [0, 0.1) is 0 Å². The van der Waals surface area contributed by atoms with E-state index in [-0.39, 0.29) is 43.4 Å². The average Bonchev–Trinajstić information content (AvgIpc) is 2.93. The van der Waals surface area contributed by atoms with Crippen LogP contribution in [0.15, 0.2) is 30.3 Å². The quantitative estimate of drug-likeness (QED) is 0.800. The van der Waals surface area contributed by atoms with Gasteiger partial charge in [-0.3, -0.25) is 4.79 Å². The molecule has 22 heavy (non-hydrogen) atoms. The Morgan fingerprint density at radius 1 is 1.18 bits per heavy atom. The minimum atomic E-state index is -0.625. The summed E-state index contributed by atoms with van der Waals surface area (Å²) in [6.07, 6.45) is -0.558. The Balaban J connectivity index is 1.53. The molecule has 2 heterocycles. The van der Waals surface area contributed by atoms with Crippen molar-refractivity contribution in [1.82, 2.24) is 0 Å². The Morgan fingerprint density at radius 2 is 1.86 bits per heavy atom. The molecule has 1 aromatic carbocycles. The lowest BCUT2D eigenvalue weighted by atomic mass is 10.1. The summed E-state index contributed by atoms with van der Waals surface area (Å²) in [5.41, 5.74) is 0.969. The Labute approximate surface area is 130 Å². The molecule has 1 aromatic rings. The van der Waals surface area contributed by atoms with E-state index in [9.17, 15) is 4.79 Å².